The van der Waals surface area contributed by atoms with Crippen molar-refractivity contribution < 1.29 is 8.42 Å². The van der Waals surface area contributed by atoms with E-state index in [-0.39, 0.29) is 5.03 Å². The molecular formula is C12H20N4O2S. The smallest absolute Gasteiger partial charge is 0.260 e. The van der Waals surface area contributed by atoms with E-state index in [1.807, 2.05) is 6.92 Å². The Hall–Kier alpha value is -0.920. The lowest BCUT2D eigenvalue weighted by molar-refractivity contribution is 0.339. The Kier molecular flexibility index (Phi) is 3.36. The molecule has 0 bridgehead atoms. The summed E-state index contributed by atoms with van der Waals surface area (Å²) in [5.41, 5.74) is 0. The Morgan fingerprint density at radius 2 is 2.32 bits per heavy atom. The predicted molar refractivity (Wildman–Crippen MR) is 71.2 cm³/mol. The van der Waals surface area contributed by atoms with Gasteiger partial charge in [-0.25, -0.2) is 13.4 Å². The van der Waals surface area contributed by atoms with Gasteiger partial charge in [-0.2, -0.15) is 4.31 Å². The molecule has 0 unspecified atom stereocenters. The summed E-state index contributed by atoms with van der Waals surface area (Å²) in [4.78, 5) is 6.99. The van der Waals surface area contributed by atoms with Crippen LogP contribution < -0.4 is 5.32 Å². The lowest BCUT2D eigenvalue weighted by atomic mass is 9.94. The quantitative estimate of drug-likeness (QED) is 0.839. The molecular weight excluding hydrogens is 264 g/mol. The fourth-order valence-corrected chi connectivity index (χ4v) is 4.45. The number of aromatic amines is 1. The third-order valence-electron chi connectivity index (χ3n) is 4.12. The molecule has 0 amide bonds. The fourth-order valence-electron chi connectivity index (χ4n) is 3.00. The number of aryl methyl sites for hydroxylation is 1. The van der Waals surface area contributed by atoms with Gasteiger partial charge in [0, 0.05) is 25.6 Å². The van der Waals surface area contributed by atoms with Crippen LogP contribution in [0.15, 0.2) is 11.2 Å². The molecule has 2 N–H and O–H groups in total. The largest absolute Gasteiger partial charge is 0.332 e. The van der Waals surface area contributed by atoms with E-state index >= 15 is 0 Å². The number of fused-ring (bicyclic) bond motifs is 1. The van der Waals surface area contributed by atoms with Crippen molar-refractivity contribution >= 4 is 10.0 Å². The van der Waals surface area contributed by atoms with Crippen molar-refractivity contribution in [3.05, 3.63) is 12.0 Å². The minimum atomic E-state index is -3.41. The highest BCUT2D eigenvalue weighted by atomic mass is 32.2. The zero-order valence-electron chi connectivity index (χ0n) is 11.1. The molecule has 1 aromatic rings. The average molecular weight is 284 g/mol. The van der Waals surface area contributed by atoms with E-state index in [9.17, 15) is 8.42 Å². The molecule has 0 aromatic carbocycles. The maximum atomic E-state index is 12.5. The van der Waals surface area contributed by atoms with Crippen molar-refractivity contribution in [3.8, 4) is 0 Å². The fraction of sp³-hybridized carbons (Fsp3) is 0.750. The monoisotopic (exact) mass is 284 g/mol. The van der Waals surface area contributed by atoms with E-state index in [0.29, 0.717) is 37.3 Å². The van der Waals surface area contributed by atoms with Crippen LogP contribution in [0.2, 0.25) is 0 Å². The van der Waals surface area contributed by atoms with Crippen LogP contribution in [0.3, 0.4) is 0 Å². The van der Waals surface area contributed by atoms with E-state index in [1.165, 1.54) is 6.20 Å². The summed E-state index contributed by atoms with van der Waals surface area (Å²) < 4.78 is 26.7. The molecule has 2 aliphatic rings. The maximum Gasteiger partial charge on any atom is 0.260 e. The number of aromatic nitrogens is 2. The Balaban J connectivity index is 1.81. The average Bonchev–Trinajstić information content (AvgIpc) is 3.05. The first kappa shape index (κ1) is 13.1. The Bertz CT molecular complexity index is 540. The van der Waals surface area contributed by atoms with Gasteiger partial charge in [-0.05, 0) is 25.3 Å². The molecule has 7 heteroatoms. The first-order valence-electron chi connectivity index (χ1n) is 6.88. The van der Waals surface area contributed by atoms with E-state index in [2.05, 4.69) is 15.3 Å². The van der Waals surface area contributed by atoms with Gasteiger partial charge in [-0.3, -0.25) is 0 Å². The Labute approximate surface area is 113 Å². The molecule has 2 atom stereocenters. The molecule has 2 aliphatic heterocycles. The van der Waals surface area contributed by atoms with Gasteiger partial charge in [0.15, 0.2) is 5.03 Å². The first-order chi connectivity index (χ1) is 9.11. The molecule has 0 saturated carbocycles. The third kappa shape index (κ3) is 2.30. The molecule has 6 nitrogen and oxygen atoms in total. The molecule has 0 spiro atoms. The molecule has 3 rings (SSSR count). The van der Waals surface area contributed by atoms with Gasteiger partial charge < -0.3 is 10.3 Å². The van der Waals surface area contributed by atoms with Gasteiger partial charge in [0.1, 0.15) is 5.82 Å². The number of rotatable bonds is 3. The Morgan fingerprint density at radius 3 is 3.00 bits per heavy atom. The van der Waals surface area contributed by atoms with E-state index in [1.54, 1.807) is 4.31 Å². The Morgan fingerprint density at radius 1 is 1.47 bits per heavy atom. The normalized spacial score (nSPS) is 28.5. The summed E-state index contributed by atoms with van der Waals surface area (Å²) in [5.74, 6) is 1.17. The summed E-state index contributed by atoms with van der Waals surface area (Å²) in [6, 6.07) is 0.317. The second-order valence-corrected chi connectivity index (χ2v) is 7.24. The second-order valence-electron chi connectivity index (χ2n) is 5.33. The molecule has 2 fully saturated rings. The summed E-state index contributed by atoms with van der Waals surface area (Å²) in [6.45, 7) is 4.15. The van der Waals surface area contributed by atoms with Crippen molar-refractivity contribution in [1.29, 1.82) is 0 Å². The predicted octanol–water partition coefficient (Wildman–Crippen LogP) is 0.345. The first-order valence-corrected chi connectivity index (χ1v) is 8.32. The number of nitrogens with one attached hydrogen (secondary N) is 2. The minimum Gasteiger partial charge on any atom is -0.332 e. The highest BCUT2D eigenvalue weighted by molar-refractivity contribution is 7.89. The van der Waals surface area contributed by atoms with Crippen LogP contribution in [-0.4, -0.2) is 48.4 Å². The third-order valence-corrected chi connectivity index (χ3v) is 5.86. The topological polar surface area (TPSA) is 78.1 Å². The number of hydrogen-bond donors (Lipinski definition) is 2. The number of nitrogens with zero attached hydrogens (tertiary/aromatic N) is 2. The lowest BCUT2D eigenvalue weighted by Gasteiger charge is -2.24. The molecule has 0 aliphatic carbocycles. The lowest BCUT2D eigenvalue weighted by Crippen LogP contribution is -2.41. The summed E-state index contributed by atoms with van der Waals surface area (Å²) in [6.07, 6.45) is 4.40. The summed E-state index contributed by atoms with van der Waals surface area (Å²) in [7, 11) is -3.41. The zero-order valence-corrected chi connectivity index (χ0v) is 11.9. The van der Waals surface area contributed by atoms with Gasteiger partial charge >= 0.3 is 0 Å². The number of piperidine rings is 1. The van der Waals surface area contributed by atoms with Gasteiger partial charge in [0.25, 0.3) is 10.0 Å². The van der Waals surface area contributed by atoms with Crippen molar-refractivity contribution in [2.45, 2.75) is 37.3 Å². The standard InChI is InChI=1S/C12H20N4O2S/c1-2-11-14-6-12(15-11)19(17,18)16-7-9-4-3-5-13-10(9)8-16/h6,9-10,13H,2-5,7-8H2,1H3,(H,14,15)/t9-,10+/m0/s1. The maximum absolute atomic E-state index is 12.5. The van der Waals surface area contributed by atoms with Crippen LogP contribution in [0.1, 0.15) is 25.6 Å². The van der Waals surface area contributed by atoms with Crippen molar-refractivity contribution in [2.24, 2.45) is 5.92 Å². The summed E-state index contributed by atoms with van der Waals surface area (Å²) in [5, 5.41) is 3.64. The van der Waals surface area contributed by atoms with Crippen molar-refractivity contribution in [1.82, 2.24) is 19.6 Å². The van der Waals surface area contributed by atoms with Crippen LogP contribution in [0.4, 0.5) is 0 Å². The van der Waals surface area contributed by atoms with Crippen LogP contribution >= 0.6 is 0 Å². The number of H-pyrrole nitrogens is 1. The highest BCUT2D eigenvalue weighted by Gasteiger charge is 2.40. The van der Waals surface area contributed by atoms with Crippen LogP contribution in [0.5, 0.6) is 0 Å². The van der Waals surface area contributed by atoms with Gasteiger partial charge in [0.05, 0.1) is 6.20 Å². The molecule has 106 valence electrons. The van der Waals surface area contributed by atoms with Crippen molar-refractivity contribution in [2.75, 3.05) is 19.6 Å². The molecule has 3 heterocycles. The van der Waals surface area contributed by atoms with Gasteiger partial charge in [0.2, 0.25) is 0 Å². The van der Waals surface area contributed by atoms with Gasteiger partial charge in [-0.15, -0.1) is 0 Å². The van der Waals surface area contributed by atoms with Crippen LogP contribution in [-0.2, 0) is 16.4 Å². The van der Waals surface area contributed by atoms with E-state index in [4.69, 9.17) is 0 Å². The molecule has 1 aromatic heterocycles. The number of hydrogen-bond acceptors (Lipinski definition) is 4. The number of imidazole rings is 1. The SMILES string of the molecule is CCc1ncc(S(=O)(=O)N2C[C@@H]3CCCN[C@@H]3C2)[nH]1. The second kappa shape index (κ2) is 4.88. The van der Waals surface area contributed by atoms with E-state index < -0.39 is 10.0 Å². The highest BCUT2D eigenvalue weighted by Crippen LogP contribution is 2.28. The van der Waals surface area contributed by atoms with E-state index in [0.717, 1.165) is 19.4 Å². The van der Waals surface area contributed by atoms with Crippen LogP contribution in [0.25, 0.3) is 0 Å². The molecule has 2 saturated heterocycles. The zero-order chi connectivity index (χ0) is 13.5. The van der Waals surface area contributed by atoms with Crippen LogP contribution in [0, 0.1) is 5.92 Å². The number of sulfonamides is 1. The van der Waals surface area contributed by atoms with Gasteiger partial charge in [-0.1, -0.05) is 6.92 Å². The summed E-state index contributed by atoms with van der Waals surface area (Å²) >= 11 is 0. The molecule has 19 heavy (non-hydrogen) atoms. The van der Waals surface area contributed by atoms with Crippen molar-refractivity contribution in [3.63, 3.8) is 0 Å². The minimum absolute atomic E-state index is 0.225. The molecule has 0 radical (unpaired) electrons.